The average Bonchev–Trinajstić information content (AvgIpc) is 3.27. The molecular formula is C16H23N3O2. The van der Waals surface area contributed by atoms with E-state index in [1.807, 2.05) is 19.2 Å². The van der Waals surface area contributed by atoms with Crippen LogP contribution in [0.15, 0.2) is 12.1 Å². The zero-order valence-corrected chi connectivity index (χ0v) is 12.5. The Hall–Kier alpha value is -1.75. The zero-order chi connectivity index (χ0) is 14.8. The highest BCUT2D eigenvalue weighted by atomic mass is 16.5. The molecule has 5 heteroatoms. The molecule has 1 amide bonds. The van der Waals surface area contributed by atoms with Gasteiger partial charge in [-0.05, 0) is 42.9 Å². The van der Waals surface area contributed by atoms with Crippen LogP contribution in [0.2, 0.25) is 0 Å². The van der Waals surface area contributed by atoms with Gasteiger partial charge in [0.25, 0.3) is 0 Å². The summed E-state index contributed by atoms with van der Waals surface area (Å²) >= 11 is 0. The standard InChI is InChI=1S/C16H23N3O2/c1-19(6-7-21-10-11-2-3-11)15-9-14-12(8-13(15)17)4-5-16(20)18-14/h8-9,11H,2-7,10,17H2,1H3,(H,18,20). The number of nitrogens with zero attached hydrogens (tertiary/aromatic N) is 1. The number of benzene rings is 1. The second-order valence-electron chi connectivity index (χ2n) is 6.06. The van der Waals surface area contributed by atoms with E-state index in [1.165, 1.54) is 12.8 Å². The van der Waals surface area contributed by atoms with Gasteiger partial charge in [0, 0.05) is 32.3 Å². The summed E-state index contributed by atoms with van der Waals surface area (Å²) in [5.74, 6) is 0.868. The summed E-state index contributed by atoms with van der Waals surface area (Å²) in [5, 5.41) is 2.92. The Morgan fingerprint density at radius 1 is 1.38 bits per heavy atom. The van der Waals surface area contributed by atoms with E-state index < -0.39 is 0 Å². The number of nitrogens with two attached hydrogens (primary N) is 1. The fourth-order valence-electron chi connectivity index (χ4n) is 2.62. The average molecular weight is 289 g/mol. The lowest BCUT2D eigenvalue weighted by molar-refractivity contribution is -0.116. The van der Waals surface area contributed by atoms with Crippen molar-refractivity contribution in [2.45, 2.75) is 25.7 Å². The molecule has 1 saturated carbocycles. The number of carbonyl (C=O) groups is 1. The summed E-state index contributed by atoms with van der Waals surface area (Å²) in [6, 6.07) is 3.95. The van der Waals surface area contributed by atoms with Crippen LogP contribution < -0.4 is 16.0 Å². The summed E-state index contributed by atoms with van der Waals surface area (Å²) in [5.41, 5.74) is 9.87. The minimum absolute atomic E-state index is 0.0774. The minimum Gasteiger partial charge on any atom is -0.397 e. The Morgan fingerprint density at radius 3 is 2.95 bits per heavy atom. The molecule has 0 aromatic heterocycles. The quantitative estimate of drug-likeness (QED) is 0.621. The molecule has 0 radical (unpaired) electrons. The van der Waals surface area contributed by atoms with Gasteiger partial charge < -0.3 is 20.7 Å². The fraction of sp³-hybridized carbons (Fsp3) is 0.562. The van der Waals surface area contributed by atoms with Crippen molar-refractivity contribution in [2.75, 3.05) is 42.8 Å². The summed E-state index contributed by atoms with van der Waals surface area (Å²) in [7, 11) is 2.00. The van der Waals surface area contributed by atoms with Crippen LogP contribution in [0, 0.1) is 5.92 Å². The number of carbonyl (C=O) groups excluding carboxylic acids is 1. The first-order valence-corrected chi connectivity index (χ1v) is 7.64. The van der Waals surface area contributed by atoms with Crippen LogP contribution >= 0.6 is 0 Å². The van der Waals surface area contributed by atoms with Crippen molar-refractivity contribution in [3.63, 3.8) is 0 Å². The lowest BCUT2D eigenvalue weighted by Crippen LogP contribution is -2.25. The van der Waals surface area contributed by atoms with Crippen molar-refractivity contribution in [2.24, 2.45) is 5.92 Å². The summed E-state index contributed by atoms with van der Waals surface area (Å²) in [4.78, 5) is 13.6. The Labute approximate surface area is 125 Å². The number of rotatable bonds is 6. The van der Waals surface area contributed by atoms with Crippen LogP contribution in [0.5, 0.6) is 0 Å². The number of ether oxygens (including phenoxy) is 1. The normalized spacial score (nSPS) is 17.3. The molecule has 0 saturated heterocycles. The predicted octanol–water partition coefficient (Wildman–Crippen LogP) is 2.02. The third kappa shape index (κ3) is 3.47. The van der Waals surface area contributed by atoms with E-state index in [9.17, 15) is 4.79 Å². The van der Waals surface area contributed by atoms with Crippen molar-refractivity contribution in [3.05, 3.63) is 17.7 Å². The third-order valence-electron chi connectivity index (χ3n) is 4.18. The van der Waals surface area contributed by atoms with Crippen LogP contribution in [0.4, 0.5) is 17.1 Å². The molecule has 1 aromatic carbocycles. The van der Waals surface area contributed by atoms with Gasteiger partial charge in [-0.15, -0.1) is 0 Å². The van der Waals surface area contributed by atoms with Crippen molar-refractivity contribution in [3.8, 4) is 0 Å². The predicted molar refractivity (Wildman–Crippen MR) is 84.6 cm³/mol. The molecule has 1 heterocycles. The van der Waals surface area contributed by atoms with Gasteiger partial charge in [0.05, 0.1) is 18.0 Å². The lowest BCUT2D eigenvalue weighted by atomic mass is 10.0. The van der Waals surface area contributed by atoms with Crippen LogP contribution in [-0.2, 0) is 16.0 Å². The number of fused-ring (bicyclic) bond motifs is 1. The summed E-state index contributed by atoms with van der Waals surface area (Å²) in [6.45, 7) is 2.38. The van der Waals surface area contributed by atoms with Gasteiger partial charge in [0.15, 0.2) is 0 Å². The molecule has 0 spiro atoms. The molecule has 0 unspecified atom stereocenters. The minimum atomic E-state index is 0.0774. The molecule has 1 aliphatic carbocycles. The van der Waals surface area contributed by atoms with Gasteiger partial charge >= 0.3 is 0 Å². The summed E-state index contributed by atoms with van der Waals surface area (Å²) < 4.78 is 5.67. The Balaban J connectivity index is 1.62. The zero-order valence-electron chi connectivity index (χ0n) is 12.5. The Bertz CT molecular complexity index is 541. The molecule has 2 aliphatic rings. The van der Waals surface area contributed by atoms with E-state index in [-0.39, 0.29) is 5.91 Å². The van der Waals surface area contributed by atoms with Crippen molar-refractivity contribution in [1.29, 1.82) is 0 Å². The first-order chi connectivity index (χ1) is 10.1. The molecule has 0 bridgehead atoms. The molecule has 1 fully saturated rings. The molecule has 1 aliphatic heterocycles. The van der Waals surface area contributed by atoms with Gasteiger partial charge in [0.2, 0.25) is 5.91 Å². The maximum Gasteiger partial charge on any atom is 0.224 e. The van der Waals surface area contributed by atoms with Crippen LogP contribution in [0.1, 0.15) is 24.8 Å². The Kier molecular flexibility index (Phi) is 4.01. The number of likely N-dealkylation sites (N-methyl/N-ethyl adjacent to an activating group) is 1. The topological polar surface area (TPSA) is 67.6 Å². The van der Waals surface area contributed by atoms with Crippen LogP contribution in [-0.4, -0.2) is 32.7 Å². The first kappa shape index (κ1) is 14.2. The van der Waals surface area contributed by atoms with Crippen molar-refractivity contribution < 1.29 is 9.53 Å². The number of amides is 1. The Morgan fingerprint density at radius 2 is 2.19 bits per heavy atom. The van der Waals surface area contributed by atoms with Crippen LogP contribution in [0.3, 0.4) is 0 Å². The third-order valence-corrected chi connectivity index (χ3v) is 4.18. The van der Waals surface area contributed by atoms with E-state index in [2.05, 4.69) is 10.2 Å². The first-order valence-electron chi connectivity index (χ1n) is 7.64. The number of nitrogen functional groups attached to an aromatic ring is 1. The monoisotopic (exact) mass is 289 g/mol. The van der Waals surface area contributed by atoms with Gasteiger partial charge in [0.1, 0.15) is 0 Å². The molecule has 3 N–H and O–H groups in total. The second-order valence-corrected chi connectivity index (χ2v) is 6.06. The van der Waals surface area contributed by atoms with E-state index >= 15 is 0 Å². The molecule has 1 aromatic rings. The molecule has 5 nitrogen and oxygen atoms in total. The van der Waals surface area contributed by atoms with Gasteiger partial charge in [-0.3, -0.25) is 4.79 Å². The van der Waals surface area contributed by atoms with Gasteiger partial charge in [-0.1, -0.05) is 0 Å². The smallest absolute Gasteiger partial charge is 0.224 e. The highest BCUT2D eigenvalue weighted by molar-refractivity contribution is 5.95. The number of hydrogen-bond acceptors (Lipinski definition) is 4. The van der Waals surface area contributed by atoms with E-state index in [1.54, 1.807) is 0 Å². The maximum absolute atomic E-state index is 11.5. The van der Waals surface area contributed by atoms with Crippen molar-refractivity contribution >= 4 is 23.0 Å². The number of aryl methyl sites for hydroxylation is 1. The highest BCUT2D eigenvalue weighted by Crippen LogP contribution is 2.33. The molecular weight excluding hydrogens is 266 g/mol. The number of hydrogen-bond donors (Lipinski definition) is 2. The second kappa shape index (κ2) is 5.93. The van der Waals surface area contributed by atoms with Gasteiger partial charge in [-0.2, -0.15) is 0 Å². The summed E-state index contributed by atoms with van der Waals surface area (Å²) in [6.07, 6.45) is 3.93. The van der Waals surface area contributed by atoms with Crippen LogP contribution in [0.25, 0.3) is 0 Å². The van der Waals surface area contributed by atoms with Gasteiger partial charge in [-0.25, -0.2) is 0 Å². The van der Waals surface area contributed by atoms with E-state index in [4.69, 9.17) is 10.5 Å². The number of anilines is 3. The highest BCUT2D eigenvalue weighted by Gasteiger charge is 2.21. The van der Waals surface area contributed by atoms with E-state index in [0.717, 1.165) is 48.1 Å². The molecule has 3 rings (SSSR count). The largest absolute Gasteiger partial charge is 0.397 e. The molecule has 114 valence electrons. The van der Waals surface area contributed by atoms with Crippen molar-refractivity contribution in [1.82, 2.24) is 0 Å². The lowest BCUT2D eigenvalue weighted by Gasteiger charge is -2.25. The molecule has 0 atom stereocenters. The van der Waals surface area contributed by atoms with E-state index in [0.29, 0.717) is 13.0 Å². The SMILES string of the molecule is CN(CCOCC1CC1)c1cc2c(cc1N)CCC(=O)N2. The number of nitrogens with one attached hydrogen (secondary N) is 1. The molecule has 21 heavy (non-hydrogen) atoms. The fourth-order valence-corrected chi connectivity index (χ4v) is 2.62. The maximum atomic E-state index is 11.5.